The fraction of sp³-hybridized carbons (Fsp3) is 0.167. The number of nitrogens with two attached hydrogens (primary N) is 1. The molecular formula is C18H16FN3O2. The minimum Gasteiger partial charge on any atom is -0.368 e. The Hall–Kier alpha value is -3.20. The fourth-order valence-electron chi connectivity index (χ4n) is 2.48. The molecule has 1 atom stereocenters. The summed E-state index contributed by atoms with van der Waals surface area (Å²) in [5.41, 5.74) is 6.73. The Morgan fingerprint density at radius 1 is 1.25 bits per heavy atom. The van der Waals surface area contributed by atoms with E-state index in [0.29, 0.717) is 16.7 Å². The highest BCUT2D eigenvalue weighted by Crippen LogP contribution is 2.22. The highest BCUT2D eigenvalue weighted by Gasteiger charge is 2.27. The summed E-state index contributed by atoms with van der Waals surface area (Å²) in [6.07, 6.45) is 0.175. The third-order valence-electron chi connectivity index (χ3n) is 3.60. The normalized spacial score (nSPS) is 11.4. The van der Waals surface area contributed by atoms with Gasteiger partial charge in [0.1, 0.15) is 11.9 Å². The largest absolute Gasteiger partial charge is 0.368 e. The first-order valence-corrected chi connectivity index (χ1v) is 7.22. The minimum atomic E-state index is -1.09. The summed E-state index contributed by atoms with van der Waals surface area (Å²) in [6, 6.07) is 12.9. The van der Waals surface area contributed by atoms with Gasteiger partial charge in [-0.15, -0.1) is 0 Å². The fourth-order valence-corrected chi connectivity index (χ4v) is 2.48. The van der Waals surface area contributed by atoms with Crippen LogP contribution in [0.1, 0.15) is 27.5 Å². The number of carbonyl (C=O) groups is 2. The predicted octanol–water partition coefficient (Wildman–Crippen LogP) is 2.19. The minimum absolute atomic E-state index is 0.175. The van der Waals surface area contributed by atoms with E-state index in [1.54, 1.807) is 24.3 Å². The van der Waals surface area contributed by atoms with Gasteiger partial charge in [0.2, 0.25) is 5.91 Å². The van der Waals surface area contributed by atoms with Crippen LogP contribution in [0.15, 0.2) is 48.5 Å². The summed E-state index contributed by atoms with van der Waals surface area (Å²) in [5, 5.41) is 8.75. The predicted molar refractivity (Wildman–Crippen MR) is 86.2 cm³/mol. The van der Waals surface area contributed by atoms with Crippen molar-refractivity contribution in [3.05, 3.63) is 71.0 Å². The van der Waals surface area contributed by atoms with Gasteiger partial charge in [-0.3, -0.25) is 9.59 Å². The first-order valence-electron chi connectivity index (χ1n) is 7.22. The highest BCUT2D eigenvalue weighted by atomic mass is 19.1. The summed E-state index contributed by atoms with van der Waals surface area (Å²) >= 11 is 0. The maximum absolute atomic E-state index is 13.4. The molecule has 2 amide bonds. The average Bonchev–Trinajstić information content (AvgIpc) is 2.54. The summed E-state index contributed by atoms with van der Waals surface area (Å²) in [6.45, 7) is 0. The van der Waals surface area contributed by atoms with Gasteiger partial charge in [0.25, 0.3) is 5.91 Å². The van der Waals surface area contributed by atoms with Gasteiger partial charge in [-0.25, -0.2) is 4.39 Å². The molecule has 0 bridgehead atoms. The second-order valence-electron chi connectivity index (χ2n) is 5.31. The van der Waals surface area contributed by atoms with Crippen LogP contribution in [0.25, 0.3) is 0 Å². The number of amides is 2. The van der Waals surface area contributed by atoms with Crippen LogP contribution in [0, 0.1) is 17.1 Å². The van der Waals surface area contributed by atoms with Gasteiger partial charge in [-0.1, -0.05) is 24.3 Å². The molecule has 0 aliphatic rings. The SMILES string of the molecule is CN(C(=O)c1cccc(CC#N)c1)C(C(N)=O)c1cccc(F)c1. The number of benzene rings is 2. The van der Waals surface area contributed by atoms with E-state index < -0.39 is 23.7 Å². The zero-order valence-corrected chi connectivity index (χ0v) is 13.1. The van der Waals surface area contributed by atoms with E-state index in [2.05, 4.69) is 0 Å². The average molecular weight is 325 g/mol. The number of rotatable bonds is 5. The van der Waals surface area contributed by atoms with Gasteiger partial charge >= 0.3 is 0 Å². The third kappa shape index (κ3) is 3.76. The topological polar surface area (TPSA) is 87.2 Å². The first kappa shape index (κ1) is 17.2. The van der Waals surface area contributed by atoms with Crippen molar-refractivity contribution in [2.45, 2.75) is 12.5 Å². The van der Waals surface area contributed by atoms with Gasteiger partial charge in [0, 0.05) is 12.6 Å². The Morgan fingerprint density at radius 3 is 2.58 bits per heavy atom. The number of halogens is 1. The molecule has 2 aromatic carbocycles. The molecule has 0 heterocycles. The van der Waals surface area contributed by atoms with Crippen molar-refractivity contribution < 1.29 is 14.0 Å². The summed E-state index contributed by atoms with van der Waals surface area (Å²) in [5.74, 6) is -1.72. The van der Waals surface area contributed by atoms with Crippen LogP contribution in [-0.2, 0) is 11.2 Å². The molecule has 122 valence electrons. The lowest BCUT2D eigenvalue weighted by Gasteiger charge is -2.26. The summed E-state index contributed by atoms with van der Waals surface area (Å²) < 4.78 is 13.4. The molecule has 5 nitrogen and oxygen atoms in total. The Kier molecular flexibility index (Phi) is 5.27. The number of hydrogen-bond donors (Lipinski definition) is 1. The van der Waals surface area contributed by atoms with Crippen LogP contribution in [-0.4, -0.2) is 23.8 Å². The lowest BCUT2D eigenvalue weighted by Crippen LogP contribution is -2.39. The van der Waals surface area contributed by atoms with Crippen LogP contribution in [0.2, 0.25) is 0 Å². The van der Waals surface area contributed by atoms with Crippen molar-refractivity contribution >= 4 is 11.8 Å². The van der Waals surface area contributed by atoms with Crippen molar-refractivity contribution in [2.75, 3.05) is 7.05 Å². The van der Waals surface area contributed by atoms with Crippen molar-refractivity contribution in [2.24, 2.45) is 5.73 Å². The Morgan fingerprint density at radius 2 is 1.96 bits per heavy atom. The molecule has 0 spiro atoms. The van der Waals surface area contributed by atoms with E-state index in [4.69, 9.17) is 11.0 Å². The molecule has 0 aliphatic carbocycles. The molecule has 0 aliphatic heterocycles. The standard InChI is InChI=1S/C18H16FN3O2/c1-22(16(17(21)23)13-5-3-7-15(19)11-13)18(24)14-6-2-4-12(10-14)8-9-20/h2-7,10-11,16H,8H2,1H3,(H2,21,23). The molecule has 0 fully saturated rings. The van der Waals surface area contributed by atoms with Gasteiger partial charge in [0.05, 0.1) is 12.5 Å². The molecule has 2 N–H and O–H groups in total. The van der Waals surface area contributed by atoms with E-state index in [1.807, 2.05) is 6.07 Å². The number of hydrogen-bond acceptors (Lipinski definition) is 3. The number of likely N-dealkylation sites (N-methyl/N-ethyl adjacent to an activating group) is 1. The number of primary amides is 1. The van der Waals surface area contributed by atoms with E-state index in [0.717, 1.165) is 0 Å². The van der Waals surface area contributed by atoms with Gasteiger partial charge in [-0.2, -0.15) is 5.26 Å². The van der Waals surface area contributed by atoms with E-state index >= 15 is 0 Å². The molecule has 0 saturated carbocycles. The number of nitrogens with zero attached hydrogens (tertiary/aromatic N) is 2. The van der Waals surface area contributed by atoms with Crippen LogP contribution in [0.4, 0.5) is 4.39 Å². The zero-order valence-electron chi connectivity index (χ0n) is 13.1. The van der Waals surface area contributed by atoms with Gasteiger partial charge in [-0.05, 0) is 35.4 Å². The first-order chi connectivity index (χ1) is 11.4. The molecule has 2 rings (SSSR count). The second-order valence-corrected chi connectivity index (χ2v) is 5.31. The molecular weight excluding hydrogens is 309 g/mol. The number of carbonyl (C=O) groups excluding carboxylic acids is 2. The van der Waals surface area contributed by atoms with Gasteiger partial charge in [0.15, 0.2) is 0 Å². The summed E-state index contributed by atoms with van der Waals surface area (Å²) in [4.78, 5) is 25.6. The lowest BCUT2D eigenvalue weighted by molar-refractivity contribution is -0.122. The molecule has 2 aromatic rings. The van der Waals surface area contributed by atoms with Crippen LogP contribution >= 0.6 is 0 Å². The van der Waals surface area contributed by atoms with Crippen LogP contribution < -0.4 is 5.73 Å². The Balaban J connectivity index is 2.35. The maximum atomic E-state index is 13.4. The third-order valence-corrected chi connectivity index (χ3v) is 3.60. The monoisotopic (exact) mass is 325 g/mol. The molecule has 0 saturated heterocycles. The van der Waals surface area contributed by atoms with Crippen molar-refractivity contribution in [3.8, 4) is 6.07 Å². The molecule has 6 heteroatoms. The second kappa shape index (κ2) is 7.38. The van der Waals surface area contributed by atoms with Crippen LogP contribution in [0.5, 0.6) is 0 Å². The van der Waals surface area contributed by atoms with Crippen molar-refractivity contribution in [1.82, 2.24) is 4.90 Å². The molecule has 1 unspecified atom stereocenters. The van der Waals surface area contributed by atoms with E-state index in [9.17, 15) is 14.0 Å². The summed E-state index contributed by atoms with van der Waals surface area (Å²) in [7, 11) is 1.43. The quantitative estimate of drug-likeness (QED) is 0.914. The van der Waals surface area contributed by atoms with Gasteiger partial charge < -0.3 is 10.6 Å². The number of nitriles is 1. The molecule has 0 radical (unpaired) electrons. The van der Waals surface area contributed by atoms with Crippen molar-refractivity contribution in [1.29, 1.82) is 5.26 Å². The van der Waals surface area contributed by atoms with Crippen LogP contribution in [0.3, 0.4) is 0 Å². The van der Waals surface area contributed by atoms with E-state index in [-0.39, 0.29) is 6.42 Å². The lowest BCUT2D eigenvalue weighted by atomic mass is 10.0. The Bertz CT molecular complexity index is 814. The van der Waals surface area contributed by atoms with Crippen molar-refractivity contribution in [3.63, 3.8) is 0 Å². The Labute approximate surface area is 139 Å². The van der Waals surface area contributed by atoms with E-state index in [1.165, 1.54) is 36.2 Å². The molecule has 24 heavy (non-hydrogen) atoms. The maximum Gasteiger partial charge on any atom is 0.254 e. The zero-order chi connectivity index (χ0) is 17.7. The molecule has 0 aromatic heterocycles. The smallest absolute Gasteiger partial charge is 0.254 e. The highest BCUT2D eigenvalue weighted by molar-refractivity contribution is 5.97.